The number of hydrogen-bond donors (Lipinski definition) is 3. The molecule has 3 rings (SSSR count). The normalized spacial score (nSPS) is 39.8. The summed E-state index contributed by atoms with van der Waals surface area (Å²) in [6, 6.07) is 0. The third kappa shape index (κ3) is 5.40. The maximum atomic E-state index is 10.2. The van der Waals surface area contributed by atoms with Crippen LogP contribution in [-0.2, 0) is 0 Å². The molecule has 30 heavy (non-hydrogen) atoms. The lowest BCUT2D eigenvalue weighted by Gasteiger charge is -2.44. The fraction of sp³-hybridized carbons (Fsp3) is 0.852. The lowest BCUT2D eigenvalue weighted by atomic mass is 9.60. The van der Waals surface area contributed by atoms with Crippen LogP contribution in [0.5, 0.6) is 0 Å². The predicted molar refractivity (Wildman–Crippen MR) is 124 cm³/mol. The third-order valence-corrected chi connectivity index (χ3v) is 8.86. The van der Waals surface area contributed by atoms with E-state index in [0.29, 0.717) is 30.1 Å². The van der Waals surface area contributed by atoms with E-state index in [9.17, 15) is 15.3 Å². The Labute approximate surface area is 184 Å². The standard InChI is InChI=1S/C27H46O3/c1-18(8-6-14-26(3,4)30)22-12-13-23-21(9-7-15-27(22,23)5)11-10-20-16-24(28)19(2)25(29)17-20/h10-11,18-19,22-25,28-30H,6-9,12-17H2,1-5H3/t18-,19?,22?,23?,24+,25+,27+/m0/s1. The fourth-order valence-corrected chi connectivity index (χ4v) is 6.88. The average Bonchev–Trinajstić information content (AvgIpc) is 3.00. The van der Waals surface area contributed by atoms with Crippen LogP contribution in [0.2, 0.25) is 0 Å². The largest absolute Gasteiger partial charge is 0.392 e. The van der Waals surface area contributed by atoms with E-state index in [-0.39, 0.29) is 5.92 Å². The summed E-state index contributed by atoms with van der Waals surface area (Å²) in [5, 5.41) is 30.5. The molecular formula is C27H46O3. The van der Waals surface area contributed by atoms with E-state index in [2.05, 4.69) is 26.0 Å². The molecule has 3 nitrogen and oxygen atoms in total. The van der Waals surface area contributed by atoms with Crippen LogP contribution in [0.15, 0.2) is 23.3 Å². The Bertz CT molecular complexity index is 629. The molecule has 0 saturated heterocycles. The van der Waals surface area contributed by atoms with Crippen molar-refractivity contribution in [2.75, 3.05) is 0 Å². The molecule has 3 fully saturated rings. The topological polar surface area (TPSA) is 60.7 Å². The van der Waals surface area contributed by atoms with Crippen LogP contribution in [0, 0.1) is 29.1 Å². The molecule has 3 heteroatoms. The first kappa shape index (κ1) is 24.0. The molecule has 2 unspecified atom stereocenters. The molecule has 0 aliphatic heterocycles. The Hall–Kier alpha value is -0.640. The highest BCUT2D eigenvalue weighted by Crippen LogP contribution is 2.60. The quantitative estimate of drug-likeness (QED) is 0.512. The van der Waals surface area contributed by atoms with E-state index in [1.807, 2.05) is 20.8 Å². The summed E-state index contributed by atoms with van der Waals surface area (Å²) in [5.41, 5.74) is 2.65. The Balaban J connectivity index is 1.67. The lowest BCUT2D eigenvalue weighted by molar-refractivity contribution is 0.00406. The van der Waals surface area contributed by atoms with Crippen LogP contribution in [0.4, 0.5) is 0 Å². The van der Waals surface area contributed by atoms with Gasteiger partial charge in [-0.2, -0.15) is 0 Å². The van der Waals surface area contributed by atoms with Gasteiger partial charge in [0, 0.05) is 5.92 Å². The number of aliphatic hydroxyl groups excluding tert-OH is 2. The first-order chi connectivity index (χ1) is 14.0. The summed E-state index contributed by atoms with van der Waals surface area (Å²) in [5.74, 6) is 2.15. The molecule has 0 heterocycles. The summed E-state index contributed by atoms with van der Waals surface area (Å²) < 4.78 is 0. The molecule has 3 N–H and O–H groups in total. The van der Waals surface area contributed by atoms with Gasteiger partial charge in [0.25, 0.3) is 0 Å². The highest BCUT2D eigenvalue weighted by Gasteiger charge is 2.50. The Morgan fingerprint density at radius 3 is 2.43 bits per heavy atom. The smallest absolute Gasteiger partial charge is 0.0627 e. The van der Waals surface area contributed by atoms with Gasteiger partial charge in [-0.15, -0.1) is 0 Å². The molecular weight excluding hydrogens is 372 g/mol. The maximum absolute atomic E-state index is 10.2. The van der Waals surface area contributed by atoms with Crippen molar-refractivity contribution >= 4 is 0 Å². The second-order valence-corrected chi connectivity index (χ2v) is 11.7. The molecule has 3 aliphatic rings. The molecule has 6 atom stereocenters. The molecule has 0 amide bonds. The van der Waals surface area contributed by atoms with Crippen LogP contribution in [0.3, 0.4) is 0 Å². The third-order valence-electron chi connectivity index (χ3n) is 8.86. The van der Waals surface area contributed by atoms with Crippen molar-refractivity contribution < 1.29 is 15.3 Å². The van der Waals surface area contributed by atoms with E-state index in [4.69, 9.17) is 0 Å². The van der Waals surface area contributed by atoms with Gasteiger partial charge in [0.2, 0.25) is 0 Å². The van der Waals surface area contributed by atoms with Crippen molar-refractivity contribution in [3.05, 3.63) is 23.3 Å². The number of rotatable bonds is 6. The van der Waals surface area contributed by atoms with Crippen molar-refractivity contribution in [1.82, 2.24) is 0 Å². The zero-order chi connectivity index (χ0) is 22.1. The molecule has 0 radical (unpaired) electrons. The van der Waals surface area contributed by atoms with Crippen molar-refractivity contribution in [2.24, 2.45) is 29.1 Å². The summed E-state index contributed by atoms with van der Waals surface area (Å²) in [4.78, 5) is 0. The summed E-state index contributed by atoms with van der Waals surface area (Å²) >= 11 is 0. The first-order valence-corrected chi connectivity index (χ1v) is 12.5. The zero-order valence-electron chi connectivity index (χ0n) is 20.0. The lowest BCUT2D eigenvalue weighted by Crippen LogP contribution is -2.36. The molecule has 0 aromatic rings. The van der Waals surface area contributed by atoms with Gasteiger partial charge in [-0.1, -0.05) is 56.9 Å². The summed E-state index contributed by atoms with van der Waals surface area (Å²) in [7, 11) is 0. The van der Waals surface area contributed by atoms with Gasteiger partial charge in [0.1, 0.15) is 0 Å². The summed E-state index contributed by atoms with van der Waals surface area (Å²) in [6.07, 6.45) is 14.8. The fourth-order valence-electron chi connectivity index (χ4n) is 6.88. The van der Waals surface area contributed by atoms with Crippen LogP contribution in [-0.4, -0.2) is 33.1 Å². The van der Waals surface area contributed by atoms with E-state index < -0.39 is 17.8 Å². The van der Waals surface area contributed by atoms with E-state index in [0.717, 1.165) is 18.8 Å². The molecule has 3 saturated carbocycles. The van der Waals surface area contributed by atoms with Crippen LogP contribution >= 0.6 is 0 Å². The van der Waals surface area contributed by atoms with Crippen molar-refractivity contribution in [3.63, 3.8) is 0 Å². The minimum atomic E-state index is -0.547. The molecule has 0 spiro atoms. The second-order valence-electron chi connectivity index (χ2n) is 11.7. The number of allylic oxidation sites excluding steroid dienone is 3. The van der Waals surface area contributed by atoms with E-state index >= 15 is 0 Å². The number of aliphatic hydroxyl groups is 3. The van der Waals surface area contributed by atoms with Gasteiger partial charge < -0.3 is 15.3 Å². The summed E-state index contributed by atoms with van der Waals surface area (Å²) in [6.45, 7) is 10.8. The first-order valence-electron chi connectivity index (χ1n) is 12.5. The molecule has 0 aromatic carbocycles. The maximum Gasteiger partial charge on any atom is 0.0627 e. The molecule has 0 bridgehead atoms. The predicted octanol–water partition coefficient (Wildman–Crippen LogP) is 5.78. The number of hydrogen-bond acceptors (Lipinski definition) is 3. The zero-order valence-corrected chi connectivity index (χ0v) is 20.0. The van der Waals surface area contributed by atoms with E-state index in [1.165, 1.54) is 44.1 Å². The monoisotopic (exact) mass is 418 g/mol. The highest BCUT2D eigenvalue weighted by molar-refractivity contribution is 5.26. The van der Waals surface area contributed by atoms with Crippen molar-refractivity contribution in [3.8, 4) is 0 Å². The van der Waals surface area contributed by atoms with Gasteiger partial charge >= 0.3 is 0 Å². The van der Waals surface area contributed by atoms with Gasteiger partial charge in [-0.25, -0.2) is 0 Å². The van der Waals surface area contributed by atoms with Crippen LogP contribution in [0.1, 0.15) is 98.8 Å². The Kier molecular flexibility index (Phi) is 7.58. The molecule has 172 valence electrons. The van der Waals surface area contributed by atoms with Crippen molar-refractivity contribution in [1.29, 1.82) is 0 Å². The van der Waals surface area contributed by atoms with Gasteiger partial charge in [0.05, 0.1) is 17.8 Å². The minimum absolute atomic E-state index is 0.0266. The highest BCUT2D eigenvalue weighted by atomic mass is 16.3. The Morgan fingerprint density at radius 2 is 1.80 bits per heavy atom. The Morgan fingerprint density at radius 1 is 1.13 bits per heavy atom. The molecule has 3 aliphatic carbocycles. The molecule has 0 aromatic heterocycles. The minimum Gasteiger partial charge on any atom is -0.392 e. The number of fused-ring (bicyclic) bond motifs is 1. The second kappa shape index (κ2) is 9.46. The van der Waals surface area contributed by atoms with E-state index in [1.54, 1.807) is 5.57 Å². The van der Waals surface area contributed by atoms with Crippen LogP contribution in [0.25, 0.3) is 0 Å². The van der Waals surface area contributed by atoms with Crippen molar-refractivity contribution in [2.45, 2.75) is 117 Å². The van der Waals surface area contributed by atoms with Gasteiger partial charge in [-0.3, -0.25) is 0 Å². The average molecular weight is 419 g/mol. The van der Waals surface area contributed by atoms with Gasteiger partial charge in [-0.05, 0) is 88.4 Å². The SMILES string of the molecule is CC1[C@H](O)CC(=CC=C2CCC[C@@]3(C)C2CCC3[C@@H](C)CCCC(C)(C)O)C[C@H]1O. The van der Waals surface area contributed by atoms with Gasteiger partial charge in [0.15, 0.2) is 0 Å². The van der Waals surface area contributed by atoms with Crippen LogP contribution < -0.4 is 0 Å².